The average molecular weight is 501 g/mol. The maximum absolute atomic E-state index is 13.1. The van der Waals surface area contributed by atoms with Gasteiger partial charge in [0.05, 0.1) is 0 Å². The number of hydrogen-bond donors (Lipinski definition) is 3. The molecule has 1 aliphatic carbocycles. The molecule has 1 saturated heterocycles. The minimum Gasteiger partial charge on any atom is -0.444 e. The third-order valence-corrected chi connectivity index (χ3v) is 7.35. The molecule has 3 rings (SSSR count). The van der Waals surface area contributed by atoms with Crippen LogP contribution < -0.4 is 16.4 Å². The molecule has 1 atom stereocenters. The summed E-state index contributed by atoms with van der Waals surface area (Å²) in [4.78, 5) is 39.5. The Balaban J connectivity index is 1.63. The third kappa shape index (κ3) is 8.50. The van der Waals surface area contributed by atoms with Crippen LogP contribution in [0.25, 0.3) is 0 Å². The molecule has 2 aliphatic rings. The largest absolute Gasteiger partial charge is 0.444 e. The van der Waals surface area contributed by atoms with Crippen LogP contribution in [0, 0.1) is 0 Å². The van der Waals surface area contributed by atoms with Gasteiger partial charge in [-0.25, -0.2) is 4.79 Å². The molecule has 1 heterocycles. The van der Waals surface area contributed by atoms with Crippen LogP contribution in [0.3, 0.4) is 0 Å². The number of benzene rings is 1. The Labute approximate surface area is 215 Å². The Morgan fingerprint density at radius 3 is 2.31 bits per heavy atom. The highest BCUT2D eigenvalue weighted by molar-refractivity contribution is 5.86. The van der Waals surface area contributed by atoms with Gasteiger partial charge in [-0.2, -0.15) is 0 Å². The van der Waals surface area contributed by atoms with E-state index in [1.54, 1.807) is 20.8 Å². The minimum atomic E-state index is -0.870. The second-order valence-corrected chi connectivity index (χ2v) is 11.4. The van der Waals surface area contributed by atoms with E-state index < -0.39 is 23.6 Å². The molecule has 1 aromatic rings. The van der Waals surface area contributed by atoms with E-state index in [2.05, 4.69) is 45.9 Å². The van der Waals surface area contributed by atoms with E-state index in [1.165, 1.54) is 24.8 Å². The highest BCUT2D eigenvalue weighted by Crippen LogP contribution is 2.38. The second kappa shape index (κ2) is 12.6. The topological polar surface area (TPSA) is 114 Å². The number of nitrogens with two attached hydrogens (primary N) is 1. The van der Waals surface area contributed by atoms with Crippen molar-refractivity contribution in [3.05, 3.63) is 35.9 Å². The predicted octanol–water partition coefficient (Wildman–Crippen LogP) is 3.67. The minimum absolute atomic E-state index is 0.00764. The molecule has 1 unspecified atom stereocenters. The molecule has 8 heteroatoms. The van der Waals surface area contributed by atoms with E-state index in [0.717, 1.165) is 45.2 Å². The van der Waals surface area contributed by atoms with E-state index in [4.69, 9.17) is 10.5 Å². The monoisotopic (exact) mass is 500 g/mol. The molecule has 0 aromatic heterocycles. The SMILES string of the molecule is CC(C)(C)OC(=O)NC(CCC(N)=O)C(=O)NC1CCC(Cc2ccccc2)(N2CCCCC2)CC1. The maximum Gasteiger partial charge on any atom is 0.408 e. The molecule has 0 bridgehead atoms. The predicted molar refractivity (Wildman–Crippen MR) is 140 cm³/mol. The molecular weight excluding hydrogens is 456 g/mol. The van der Waals surface area contributed by atoms with Crippen LogP contribution in [0.5, 0.6) is 0 Å². The Bertz CT molecular complexity index is 869. The standard InChI is InChI=1S/C28H44N4O4/c1-27(2,3)36-26(35)31-23(12-13-24(29)33)25(34)30-22-14-16-28(17-15-22,32-18-8-5-9-19-32)20-21-10-6-4-7-11-21/h4,6-7,10-11,22-23H,5,8-9,12-20H2,1-3H3,(H2,29,33)(H,30,34)(H,31,35). The first kappa shape index (κ1) is 28.0. The lowest BCUT2D eigenvalue weighted by atomic mass is 9.73. The first-order valence-electron chi connectivity index (χ1n) is 13.4. The van der Waals surface area contributed by atoms with Crippen LogP contribution in [0.2, 0.25) is 0 Å². The van der Waals surface area contributed by atoms with E-state index in [9.17, 15) is 14.4 Å². The van der Waals surface area contributed by atoms with Crippen molar-refractivity contribution in [1.29, 1.82) is 0 Å². The van der Waals surface area contributed by atoms with E-state index in [-0.39, 0.29) is 30.3 Å². The number of hydrogen-bond acceptors (Lipinski definition) is 5. The smallest absolute Gasteiger partial charge is 0.408 e. The Hall–Kier alpha value is -2.61. The van der Waals surface area contributed by atoms with Gasteiger partial charge in [0.2, 0.25) is 11.8 Å². The van der Waals surface area contributed by atoms with Gasteiger partial charge in [0.1, 0.15) is 11.6 Å². The molecule has 1 aromatic carbocycles. The summed E-state index contributed by atoms with van der Waals surface area (Å²) in [5.41, 5.74) is 6.09. The number of alkyl carbamates (subject to hydrolysis) is 1. The van der Waals surface area contributed by atoms with Gasteiger partial charge in [0.25, 0.3) is 0 Å². The molecule has 0 radical (unpaired) electrons. The number of primary amides is 1. The fourth-order valence-corrected chi connectivity index (χ4v) is 5.56. The van der Waals surface area contributed by atoms with Gasteiger partial charge in [-0.05, 0) is 90.8 Å². The molecule has 1 saturated carbocycles. The van der Waals surface area contributed by atoms with Crippen LogP contribution in [0.15, 0.2) is 30.3 Å². The number of carbonyl (C=O) groups is 3. The Morgan fingerprint density at radius 2 is 1.72 bits per heavy atom. The van der Waals surface area contributed by atoms with Crippen molar-refractivity contribution in [3.8, 4) is 0 Å². The van der Waals surface area contributed by atoms with Crippen molar-refractivity contribution in [2.24, 2.45) is 5.73 Å². The fraction of sp³-hybridized carbons (Fsp3) is 0.679. The van der Waals surface area contributed by atoms with Crippen molar-refractivity contribution in [2.75, 3.05) is 13.1 Å². The zero-order valence-electron chi connectivity index (χ0n) is 22.2. The summed E-state index contributed by atoms with van der Waals surface area (Å²) >= 11 is 0. The van der Waals surface area contributed by atoms with Gasteiger partial charge in [0.15, 0.2) is 0 Å². The maximum atomic E-state index is 13.1. The van der Waals surface area contributed by atoms with Gasteiger partial charge in [-0.3, -0.25) is 14.5 Å². The van der Waals surface area contributed by atoms with Crippen molar-refractivity contribution in [3.63, 3.8) is 0 Å². The molecule has 0 spiro atoms. The zero-order valence-corrected chi connectivity index (χ0v) is 22.2. The molecule has 1 aliphatic heterocycles. The second-order valence-electron chi connectivity index (χ2n) is 11.4. The van der Waals surface area contributed by atoms with Crippen molar-refractivity contribution in [1.82, 2.24) is 15.5 Å². The number of ether oxygens (including phenoxy) is 1. The summed E-state index contributed by atoms with van der Waals surface area (Å²) in [6.07, 6.45) is 8.06. The fourth-order valence-electron chi connectivity index (χ4n) is 5.56. The highest BCUT2D eigenvalue weighted by atomic mass is 16.6. The van der Waals surface area contributed by atoms with Gasteiger partial charge < -0.3 is 21.1 Å². The van der Waals surface area contributed by atoms with E-state index in [0.29, 0.717) is 0 Å². The summed E-state index contributed by atoms with van der Waals surface area (Å²) in [7, 11) is 0. The van der Waals surface area contributed by atoms with E-state index in [1.807, 2.05) is 0 Å². The number of carbonyl (C=O) groups excluding carboxylic acids is 3. The number of likely N-dealkylation sites (tertiary alicyclic amines) is 1. The summed E-state index contributed by atoms with van der Waals surface area (Å²) in [6, 6.07) is 9.86. The number of amides is 3. The Morgan fingerprint density at radius 1 is 1.08 bits per heavy atom. The summed E-state index contributed by atoms with van der Waals surface area (Å²) in [6.45, 7) is 7.56. The molecule has 2 fully saturated rings. The van der Waals surface area contributed by atoms with E-state index >= 15 is 0 Å². The zero-order chi connectivity index (χ0) is 26.2. The summed E-state index contributed by atoms with van der Waals surface area (Å²) < 4.78 is 5.31. The number of nitrogens with one attached hydrogen (secondary N) is 2. The number of piperidine rings is 1. The molecule has 3 amide bonds. The summed E-state index contributed by atoms with van der Waals surface area (Å²) in [5, 5.41) is 5.77. The highest BCUT2D eigenvalue weighted by Gasteiger charge is 2.41. The van der Waals surface area contributed by atoms with Crippen molar-refractivity contribution < 1.29 is 19.1 Å². The van der Waals surface area contributed by atoms with Gasteiger partial charge >= 0.3 is 6.09 Å². The van der Waals surface area contributed by atoms with Crippen LogP contribution in [0.4, 0.5) is 4.79 Å². The van der Waals surface area contributed by atoms with Crippen molar-refractivity contribution >= 4 is 17.9 Å². The average Bonchev–Trinajstić information content (AvgIpc) is 2.83. The molecule has 200 valence electrons. The van der Waals surface area contributed by atoms with Crippen LogP contribution >= 0.6 is 0 Å². The van der Waals surface area contributed by atoms with Crippen LogP contribution in [-0.4, -0.2) is 59.1 Å². The van der Waals surface area contributed by atoms with Crippen molar-refractivity contribution in [2.45, 2.75) is 108 Å². The number of rotatable bonds is 9. The Kier molecular flexibility index (Phi) is 9.77. The lowest BCUT2D eigenvalue weighted by Crippen LogP contribution is -2.57. The summed E-state index contributed by atoms with van der Waals surface area (Å²) in [5.74, 6) is -0.802. The van der Waals surface area contributed by atoms with Gasteiger partial charge in [-0.15, -0.1) is 0 Å². The van der Waals surface area contributed by atoms with Gasteiger partial charge in [0, 0.05) is 18.0 Å². The molecule has 4 N–H and O–H groups in total. The molecule has 36 heavy (non-hydrogen) atoms. The van der Waals surface area contributed by atoms with Crippen LogP contribution in [-0.2, 0) is 20.7 Å². The molecule has 8 nitrogen and oxygen atoms in total. The van der Waals surface area contributed by atoms with Gasteiger partial charge in [-0.1, -0.05) is 36.8 Å². The molecular formula is C28H44N4O4. The lowest BCUT2D eigenvalue weighted by Gasteiger charge is -2.50. The lowest BCUT2D eigenvalue weighted by molar-refractivity contribution is -0.125. The first-order chi connectivity index (χ1) is 17.1. The van der Waals surface area contributed by atoms with Crippen LogP contribution in [0.1, 0.15) is 84.1 Å². The third-order valence-electron chi connectivity index (χ3n) is 7.35. The normalized spacial score (nSPS) is 23.9. The first-order valence-corrected chi connectivity index (χ1v) is 13.4. The number of nitrogens with zero attached hydrogens (tertiary/aromatic N) is 1. The quantitative estimate of drug-likeness (QED) is 0.479.